The van der Waals surface area contributed by atoms with Gasteiger partial charge in [0.15, 0.2) is 5.65 Å². The Bertz CT molecular complexity index is 1240. The van der Waals surface area contributed by atoms with Gasteiger partial charge in [0.1, 0.15) is 11.6 Å². The van der Waals surface area contributed by atoms with Crippen molar-refractivity contribution in [3.05, 3.63) is 77.7 Å². The molecule has 3 heterocycles. The second kappa shape index (κ2) is 8.42. The third kappa shape index (κ3) is 3.60. The van der Waals surface area contributed by atoms with E-state index in [4.69, 9.17) is 15.1 Å². The number of amides is 1. The molecule has 32 heavy (non-hydrogen) atoms. The summed E-state index contributed by atoms with van der Waals surface area (Å²) in [5.41, 5.74) is 3.46. The molecule has 0 unspecified atom stereocenters. The maximum absolute atomic E-state index is 12.8. The van der Waals surface area contributed by atoms with Crippen LogP contribution in [-0.2, 0) is 6.42 Å². The fourth-order valence-electron chi connectivity index (χ4n) is 4.23. The van der Waals surface area contributed by atoms with Crippen LogP contribution in [0, 0.1) is 6.92 Å². The van der Waals surface area contributed by atoms with Crippen molar-refractivity contribution < 1.29 is 4.79 Å². The molecule has 0 radical (unpaired) electrons. The van der Waals surface area contributed by atoms with E-state index in [1.165, 1.54) is 0 Å². The van der Waals surface area contributed by atoms with Crippen LogP contribution in [0.2, 0.25) is 0 Å². The molecule has 0 N–H and O–H groups in total. The number of carbonyl (C=O) groups is 1. The highest BCUT2D eigenvalue weighted by Crippen LogP contribution is 2.30. The van der Waals surface area contributed by atoms with Crippen molar-refractivity contribution in [2.24, 2.45) is 0 Å². The Morgan fingerprint density at radius 3 is 2.22 bits per heavy atom. The quantitative estimate of drug-likeness (QED) is 0.498. The number of fused-ring (bicyclic) bond motifs is 1. The van der Waals surface area contributed by atoms with Gasteiger partial charge in [-0.2, -0.15) is 5.10 Å². The topological polar surface area (TPSA) is 67.2 Å². The second-order valence-electron chi connectivity index (χ2n) is 7.99. The minimum Gasteiger partial charge on any atom is -0.352 e. The van der Waals surface area contributed by atoms with E-state index in [1.807, 2.05) is 77.2 Å². The van der Waals surface area contributed by atoms with Crippen LogP contribution in [0.25, 0.3) is 16.7 Å². The number of piperazine rings is 1. The number of carbonyl (C=O) groups excluding carboxylic acids is 1. The van der Waals surface area contributed by atoms with Gasteiger partial charge in [-0.1, -0.05) is 43.3 Å². The van der Waals surface area contributed by atoms with Crippen LogP contribution < -0.4 is 4.90 Å². The standard InChI is InChI=1S/C25H26N6O/c1-3-21-26-23(22-18(2)28-31(24(22)27-21)20-12-8-5-9-13-20)29-14-16-30(17-15-29)25(32)19-10-6-4-7-11-19/h4-13H,3,14-17H2,1-2H3. The lowest BCUT2D eigenvalue weighted by Gasteiger charge is -2.35. The first-order valence-corrected chi connectivity index (χ1v) is 11.1. The van der Waals surface area contributed by atoms with E-state index in [1.54, 1.807) is 0 Å². The molecule has 0 spiro atoms. The molecule has 1 saturated heterocycles. The average molecular weight is 427 g/mol. The number of benzene rings is 2. The summed E-state index contributed by atoms with van der Waals surface area (Å²) in [6, 6.07) is 19.6. The second-order valence-corrected chi connectivity index (χ2v) is 7.99. The molecule has 2 aromatic carbocycles. The van der Waals surface area contributed by atoms with Crippen LogP contribution in [0.5, 0.6) is 0 Å². The minimum atomic E-state index is 0.0837. The molecule has 1 aliphatic rings. The van der Waals surface area contributed by atoms with Crippen LogP contribution in [0.3, 0.4) is 0 Å². The molecule has 0 saturated carbocycles. The summed E-state index contributed by atoms with van der Waals surface area (Å²) in [5.74, 6) is 1.80. The summed E-state index contributed by atoms with van der Waals surface area (Å²) in [4.78, 5) is 26.8. The number of anilines is 1. The molecule has 7 nitrogen and oxygen atoms in total. The molecule has 1 fully saturated rings. The number of aryl methyl sites for hydroxylation is 2. The highest BCUT2D eigenvalue weighted by Gasteiger charge is 2.26. The first-order valence-electron chi connectivity index (χ1n) is 11.1. The molecular formula is C25H26N6O. The minimum absolute atomic E-state index is 0.0837. The Morgan fingerprint density at radius 1 is 0.906 bits per heavy atom. The van der Waals surface area contributed by atoms with Gasteiger partial charge in [0.05, 0.1) is 16.8 Å². The Balaban J connectivity index is 1.47. The number of hydrogen-bond donors (Lipinski definition) is 0. The average Bonchev–Trinajstić information content (AvgIpc) is 3.20. The first kappa shape index (κ1) is 20.2. The van der Waals surface area contributed by atoms with Gasteiger partial charge >= 0.3 is 0 Å². The van der Waals surface area contributed by atoms with Crippen LogP contribution in [0.1, 0.15) is 28.8 Å². The van der Waals surface area contributed by atoms with Crippen LogP contribution in [0.4, 0.5) is 5.82 Å². The zero-order valence-electron chi connectivity index (χ0n) is 18.4. The summed E-state index contributed by atoms with van der Waals surface area (Å²) in [5, 5.41) is 5.78. The Hall–Kier alpha value is -3.74. The monoisotopic (exact) mass is 426 g/mol. The van der Waals surface area contributed by atoms with E-state index >= 15 is 0 Å². The van der Waals surface area contributed by atoms with Gasteiger partial charge in [-0.05, 0) is 31.2 Å². The fourth-order valence-corrected chi connectivity index (χ4v) is 4.23. The summed E-state index contributed by atoms with van der Waals surface area (Å²) >= 11 is 0. The van der Waals surface area contributed by atoms with E-state index in [9.17, 15) is 4.79 Å². The smallest absolute Gasteiger partial charge is 0.253 e. The predicted octanol–water partition coefficient (Wildman–Crippen LogP) is 3.65. The molecular weight excluding hydrogens is 400 g/mol. The van der Waals surface area contributed by atoms with Gasteiger partial charge in [-0.15, -0.1) is 0 Å². The lowest BCUT2D eigenvalue weighted by Crippen LogP contribution is -2.49. The summed E-state index contributed by atoms with van der Waals surface area (Å²) in [6.45, 7) is 6.85. The van der Waals surface area contributed by atoms with Gasteiger partial charge in [-0.3, -0.25) is 4.79 Å². The van der Waals surface area contributed by atoms with Gasteiger partial charge in [0.25, 0.3) is 5.91 Å². The molecule has 2 aromatic heterocycles. The maximum Gasteiger partial charge on any atom is 0.253 e. The molecule has 162 valence electrons. The largest absolute Gasteiger partial charge is 0.352 e. The Labute approximate surface area is 187 Å². The number of hydrogen-bond acceptors (Lipinski definition) is 5. The van der Waals surface area contributed by atoms with Crippen molar-refractivity contribution in [2.45, 2.75) is 20.3 Å². The van der Waals surface area contributed by atoms with E-state index in [2.05, 4.69) is 11.8 Å². The molecule has 7 heteroatoms. The van der Waals surface area contributed by atoms with Gasteiger partial charge in [0, 0.05) is 38.2 Å². The molecule has 5 rings (SSSR count). The number of para-hydroxylation sites is 1. The van der Waals surface area contributed by atoms with E-state index in [0.29, 0.717) is 13.1 Å². The zero-order valence-corrected chi connectivity index (χ0v) is 18.4. The summed E-state index contributed by atoms with van der Waals surface area (Å²) in [6.07, 6.45) is 0.744. The van der Waals surface area contributed by atoms with Crippen molar-refractivity contribution in [3.63, 3.8) is 0 Å². The van der Waals surface area contributed by atoms with Crippen molar-refractivity contribution in [2.75, 3.05) is 31.1 Å². The molecule has 0 aliphatic carbocycles. The SMILES string of the molecule is CCc1nc(N2CCN(C(=O)c3ccccc3)CC2)c2c(C)nn(-c3ccccc3)c2n1. The van der Waals surface area contributed by atoms with Gasteiger partial charge in [-0.25, -0.2) is 14.6 Å². The van der Waals surface area contributed by atoms with E-state index in [-0.39, 0.29) is 5.91 Å². The fraction of sp³-hybridized carbons (Fsp3) is 0.280. The third-order valence-electron chi connectivity index (χ3n) is 5.93. The third-order valence-corrected chi connectivity index (χ3v) is 5.93. The molecule has 0 bridgehead atoms. The Kier molecular flexibility index (Phi) is 5.31. The molecule has 4 aromatic rings. The highest BCUT2D eigenvalue weighted by molar-refractivity contribution is 5.94. The predicted molar refractivity (Wildman–Crippen MR) is 125 cm³/mol. The summed E-state index contributed by atoms with van der Waals surface area (Å²) < 4.78 is 1.91. The Morgan fingerprint density at radius 2 is 1.56 bits per heavy atom. The highest BCUT2D eigenvalue weighted by atomic mass is 16.2. The molecule has 1 aliphatic heterocycles. The first-order chi connectivity index (χ1) is 15.7. The van der Waals surface area contributed by atoms with Crippen molar-refractivity contribution in [1.29, 1.82) is 0 Å². The number of aromatic nitrogens is 4. The van der Waals surface area contributed by atoms with Crippen molar-refractivity contribution in [3.8, 4) is 5.69 Å². The number of nitrogens with zero attached hydrogens (tertiary/aromatic N) is 6. The van der Waals surface area contributed by atoms with Crippen LogP contribution in [0.15, 0.2) is 60.7 Å². The van der Waals surface area contributed by atoms with Gasteiger partial charge < -0.3 is 9.80 Å². The van der Waals surface area contributed by atoms with E-state index in [0.717, 1.165) is 59.1 Å². The van der Waals surface area contributed by atoms with Crippen molar-refractivity contribution in [1.82, 2.24) is 24.6 Å². The molecule has 1 amide bonds. The molecule has 0 atom stereocenters. The zero-order chi connectivity index (χ0) is 22.1. The normalized spacial score (nSPS) is 14.2. The lowest BCUT2D eigenvalue weighted by atomic mass is 10.1. The summed E-state index contributed by atoms with van der Waals surface area (Å²) in [7, 11) is 0. The lowest BCUT2D eigenvalue weighted by molar-refractivity contribution is 0.0746. The van der Waals surface area contributed by atoms with Crippen LogP contribution in [-0.4, -0.2) is 56.7 Å². The van der Waals surface area contributed by atoms with Crippen molar-refractivity contribution >= 4 is 22.8 Å². The van der Waals surface area contributed by atoms with E-state index < -0.39 is 0 Å². The van der Waals surface area contributed by atoms with Crippen LogP contribution >= 0.6 is 0 Å². The number of rotatable bonds is 4. The van der Waals surface area contributed by atoms with Gasteiger partial charge in [0.2, 0.25) is 0 Å². The maximum atomic E-state index is 12.8.